The molecule has 0 atom stereocenters. The van der Waals surface area contributed by atoms with Crippen LogP contribution in [0.15, 0.2) is 58.2 Å². The number of carbonyl (C=O) groups is 1. The number of benzene rings is 1. The molecule has 0 amide bonds. The fraction of sp³-hybridized carbons (Fsp3) is 0.333. The van der Waals surface area contributed by atoms with Gasteiger partial charge in [0.15, 0.2) is 0 Å². The lowest BCUT2D eigenvalue weighted by molar-refractivity contribution is -0.143. The number of esters is 1. The average Bonchev–Trinajstić information content (AvgIpc) is 3.27. The van der Waals surface area contributed by atoms with E-state index in [4.69, 9.17) is 14.0 Å². The minimum Gasteiger partial charge on any atom is -0.494 e. The van der Waals surface area contributed by atoms with Crippen molar-refractivity contribution >= 4 is 16.0 Å². The van der Waals surface area contributed by atoms with Crippen LogP contribution in [0.4, 0.5) is 0 Å². The predicted octanol–water partition coefficient (Wildman–Crippen LogP) is 2.37. The third-order valence-electron chi connectivity index (χ3n) is 4.25. The van der Waals surface area contributed by atoms with Crippen LogP contribution in [0.5, 0.6) is 5.75 Å². The van der Waals surface area contributed by atoms with E-state index < -0.39 is 16.0 Å². The molecule has 2 aromatic heterocycles. The normalized spacial score (nSPS) is 11.3. The molecule has 0 aliphatic rings. The van der Waals surface area contributed by atoms with Gasteiger partial charge < -0.3 is 14.0 Å². The maximum atomic E-state index is 12.3. The lowest BCUT2D eigenvalue weighted by Gasteiger charge is -2.08. The highest BCUT2D eigenvalue weighted by Gasteiger charge is 2.15. The molecule has 0 unspecified atom stereocenters. The number of aromatic nitrogens is 3. The van der Waals surface area contributed by atoms with Crippen molar-refractivity contribution in [2.24, 2.45) is 0 Å². The number of rotatable bonds is 12. The minimum atomic E-state index is -3.71. The zero-order chi connectivity index (χ0) is 22.8. The molecular weight excluding hydrogens is 436 g/mol. The van der Waals surface area contributed by atoms with Crippen LogP contribution in [0.2, 0.25) is 0 Å². The van der Waals surface area contributed by atoms with E-state index in [0.717, 1.165) is 5.56 Å². The summed E-state index contributed by atoms with van der Waals surface area (Å²) in [6, 6.07) is 9.66. The molecule has 32 heavy (non-hydrogen) atoms. The quantitative estimate of drug-likeness (QED) is 0.319. The number of hydrogen-bond acceptors (Lipinski definition) is 9. The Morgan fingerprint density at radius 3 is 2.72 bits per heavy atom. The van der Waals surface area contributed by atoms with Crippen LogP contribution in [0.3, 0.4) is 0 Å². The first-order chi connectivity index (χ1) is 15.5. The van der Waals surface area contributed by atoms with E-state index in [2.05, 4.69) is 19.8 Å². The van der Waals surface area contributed by atoms with Gasteiger partial charge in [0.25, 0.3) is 0 Å². The minimum absolute atomic E-state index is 0.0630. The second-order valence-corrected chi connectivity index (χ2v) is 8.40. The van der Waals surface area contributed by atoms with Gasteiger partial charge in [0, 0.05) is 30.9 Å². The van der Waals surface area contributed by atoms with Gasteiger partial charge in [0.05, 0.1) is 24.5 Å². The number of pyridine rings is 1. The van der Waals surface area contributed by atoms with Crippen molar-refractivity contribution in [2.45, 2.75) is 31.1 Å². The van der Waals surface area contributed by atoms with Gasteiger partial charge in [-0.05, 0) is 49.7 Å². The first-order valence-corrected chi connectivity index (χ1v) is 11.6. The Hall–Kier alpha value is -3.31. The van der Waals surface area contributed by atoms with Crippen molar-refractivity contribution in [1.82, 2.24) is 19.8 Å². The van der Waals surface area contributed by atoms with Crippen molar-refractivity contribution in [3.8, 4) is 17.1 Å². The monoisotopic (exact) mass is 460 g/mol. The summed E-state index contributed by atoms with van der Waals surface area (Å²) in [5.74, 6) is 0.970. The molecule has 11 heteroatoms. The van der Waals surface area contributed by atoms with E-state index in [1.54, 1.807) is 30.6 Å². The van der Waals surface area contributed by atoms with E-state index >= 15 is 0 Å². The first kappa shape index (κ1) is 23.4. The lowest BCUT2D eigenvalue weighted by Crippen LogP contribution is -2.26. The fourth-order valence-electron chi connectivity index (χ4n) is 2.70. The highest BCUT2D eigenvalue weighted by molar-refractivity contribution is 7.89. The highest BCUT2D eigenvalue weighted by Crippen LogP contribution is 2.16. The maximum absolute atomic E-state index is 12.3. The summed E-state index contributed by atoms with van der Waals surface area (Å²) in [5, 5.41) is 3.90. The van der Waals surface area contributed by atoms with Crippen LogP contribution in [0.1, 0.15) is 25.7 Å². The van der Waals surface area contributed by atoms with Gasteiger partial charge in [0.1, 0.15) is 5.75 Å². The summed E-state index contributed by atoms with van der Waals surface area (Å²) < 4.78 is 42.5. The van der Waals surface area contributed by atoms with E-state index in [0.29, 0.717) is 36.9 Å². The third kappa shape index (κ3) is 6.86. The van der Waals surface area contributed by atoms with Crippen LogP contribution < -0.4 is 9.46 Å². The second-order valence-electron chi connectivity index (χ2n) is 6.63. The van der Waals surface area contributed by atoms with Crippen molar-refractivity contribution in [3.63, 3.8) is 0 Å². The van der Waals surface area contributed by atoms with E-state index in [1.807, 2.05) is 13.0 Å². The molecule has 0 spiro atoms. The maximum Gasteiger partial charge on any atom is 0.307 e. The Morgan fingerprint density at radius 2 is 2.00 bits per heavy atom. The van der Waals surface area contributed by atoms with E-state index in [-0.39, 0.29) is 24.5 Å². The van der Waals surface area contributed by atoms with Crippen molar-refractivity contribution in [1.29, 1.82) is 0 Å². The molecule has 2 heterocycles. The van der Waals surface area contributed by atoms with Crippen LogP contribution in [0.25, 0.3) is 11.4 Å². The Bertz CT molecular complexity index is 1100. The summed E-state index contributed by atoms with van der Waals surface area (Å²) in [6.45, 7) is 2.44. The Morgan fingerprint density at radius 1 is 1.19 bits per heavy atom. The van der Waals surface area contributed by atoms with Gasteiger partial charge in [0.2, 0.25) is 21.7 Å². The number of nitrogens with zero attached hydrogens (tertiary/aromatic N) is 3. The molecule has 3 aromatic rings. The SMILES string of the molecule is CCOc1ccc(S(=O)(=O)NCCC(=O)OCCCc2nc(-c3cccnc3)no2)cc1. The molecule has 3 rings (SSSR count). The number of aryl methyl sites for hydroxylation is 1. The number of sulfonamides is 1. The summed E-state index contributed by atoms with van der Waals surface area (Å²) in [6.07, 6.45) is 4.16. The van der Waals surface area contributed by atoms with Gasteiger partial charge >= 0.3 is 5.97 Å². The highest BCUT2D eigenvalue weighted by atomic mass is 32.2. The van der Waals surface area contributed by atoms with Gasteiger partial charge in [-0.15, -0.1) is 0 Å². The van der Waals surface area contributed by atoms with Crippen molar-refractivity contribution in [3.05, 3.63) is 54.7 Å². The Kier molecular flexibility index (Phi) is 8.28. The summed E-state index contributed by atoms with van der Waals surface area (Å²) >= 11 is 0. The Balaban J connectivity index is 1.34. The number of ether oxygens (including phenoxy) is 2. The van der Waals surface area contributed by atoms with Gasteiger partial charge in [-0.1, -0.05) is 5.16 Å². The first-order valence-electron chi connectivity index (χ1n) is 10.1. The summed E-state index contributed by atoms with van der Waals surface area (Å²) in [4.78, 5) is 20.2. The van der Waals surface area contributed by atoms with Gasteiger partial charge in [-0.25, -0.2) is 13.1 Å². The van der Waals surface area contributed by atoms with E-state index in [9.17, 15) is 13.2 Å². The molecular formula is C21H24N4O6S. The van der Waals surface area contributed by atoms with Crippen LogP contribution >= 0.6 is 0 Å². The molecule has 0 saturated carbocycles. The van der Waals surface area contributed by atoms with Gasteiger partial charge in [-0.2, -0.15) is 4.98 Å². The molecule has 170 valence electrons. The zero-order valence-electron chi connectivity index (χ0n) is 17.6. The largest absolute Gasteiger partial charge is 0.494 e. The summed E-state index contributed by atoms with van der Waals surface area (Å²) in [7, 11) is -3.71. The topological polar surface area (TPSA) is 134 Å². The van der Waals surface area contributed by atoms with Crippen LogP contribution in [-0.4, -0.2) is 49.3 Å². The molecule has 1 aromatic carbocycles. The van der Waals surface area contributed by atoms with Crippen molar-refractivity contribution in [2.75, 3.05) is 19.8 Å². The molecule has 0 bridgehead atoms. The number of nitrogens with one attached hydrogen (secondary N) is 1. The summed E-state index contributed by atoms with van der Waals surface area (Å²) in [5.41, 5.74) is 0.751. The molecule has 0 aliphatic heterocycles. The molecule has 10 nitrogen and oxygen atoms in total. The van der Waals surface area contributed by atoms with Crippen LogP contribution in [0, 0.1) is 0 Å². The smallest absolute Gasteiger partial charge is 0.307 e. The molecule has 0 aliphatic carbocycles. The van der Waals surface area contributed by atoms with Crippen LogP contribution in [-0.2, 0) is 26.0 Å². The lowest BCUT2D eigenvalue weighted by atomic mass is 10.3. The Labute approximate surface area is 186 Å². The molecule has 0 saturated heterocycles. The fourth-order valence-corrected chi connectivity index (χ4v) is 3.73. The van der Waals surface area contributed by atoms with Gasteiger partial charge in [-0.3, -0.25) is 9.78 Å². The molecule has 1 N–H and O–H groups in total. The zero-order valence-corrected chi connectivity index (χ0v) is 18.4. The number of hydrogen-bond donors (Lipinski definition) is 1. The third-order valence-corrected chi connectivity index (χ3v) is 5.73. The predicted molar refractivity (Wildman–Crippen MR) is 114 cm³/mol. The molecule has 0 fully saturated rings. The standard InChI is InChI=1S/C21H24N4O6S/c1-2-29-17-7-9-18(10-8-17)32(27,28)23-13-11-20(26)30-14-4-6-19-24-21(25-31-19)16-5-3-12-22-15-16/h3,5,7-10,12,15,23H,2,4,6,11,13-14H2,1H3. The second kappa shape index (κ2) is 11.3. The van der Waals surface area contributed by atoms with Crippen molar-refractivity contribution < 1.29 is 27.2 Å². The molecule has 0 radical (unpaired) electrons. The van der Waals surface area contributed by atoms with E-state index in [1.165, 1.54) is 12.1 Å². The number of carbonyl (C=O) groups excluding carboxylic acids is 1. The average molecular weight is 461 g/mol.